The lowest BCUT2D eigenvalue weighted by molar-refractivity contribution is -0.929. The predicted octanol–water partition coefficient (Wildman–Crippen LogP) is 9.22. The third kappa shape index (κ3) is 31.9. The smallest absolute Gasteiger partial charge is 0.303 e. The molecule has 0 aromatic heterocycles. The SMILES string of the molecule is CCCCCCCCCCCCCCCCCC/C=C/CCC[N+](CCCCC(=O)[O-])(CCCCC(=O)O)CCCCC(=O)O. The Hall–Kier alpha value is -1.89. The van der Waals surface area contributed by atoms with Crippen LogP contribution in [-0.2, 0) is 14.4 Å². The Morgan fingerprint density at radius 2 is 0.800 bits per heavy atom. The molecule has 0 radical (unpaired) electrons. The fraction of sp³-hybridized carbons (Fsp3) is 0.868. The van der Waals surface area contributed by atoms with Gasteiger partial charge in [-0.25, -0.2) is 0 Å². The second kappa shape index (κ2) is 32.1. The van der Waals surface area contributed by atoms with Gasteiger partial charge >= 0.3 is 11.9 Å². The maximum absolute atomic E-state index is 11.0. The number of carbonyl (C=O) groups is 3. The Kier molecular flexibility index (Phi) is 30.7. The summed E-state index contributed by atoms with van der Waals surface area (Å²) in [6, 6.07) is 0. The van der Waals surface area contributed by atoms with Crippen molar-refractivity contribution in [2.24, 2.45) is 0 Å². The summed E-state index contributed by atoms with van der Waals surface area (Å²) in [5, 5.41) is 29.0. The van der Waals surface area contributed by atoms with Gasteiger partial charge < -0.3 is 24.6 Å². The van der Waals surface area contributed by atoms with E-state index < -0.39 is 17.9 Å². The average Bonchev–Trinajstić information content (AvgIpc) is 3.00. The lowest BCUT2D eigenvalue weighted by Crippen LogP contribution is -2.51. The highest BCUT2D eigenvalue weighted by Crippen LogP contribution is 2.19. The van der Waals surface area contributed by atoms with Crippen molar-refractivity contribution in [3.05, 3.63) is 12.2 Å². The third-order valence-corrected chi connectivity index (χ3v) is 9.20. The summed E-state index contributed by atoms with van der Waals surface area (Å²) >= 11 is 0. The molecule has 0 amide bonds. The zero-order valence-corrected chi connectivity index (χ0v) is 29.3. The molecular formula is C38H71NO6. The Balaban J connectivity index is 4.25. The zero-order chi connectivity index (χ0) is 33.3. The van der Waals surface area contributed by atoms with Crippen LogP contribution in [-0.4, -0.2) is 58.8 Å². The Morgan fingerprint density at radius 3 is 1.18 bits per heavy atom. The lowest BCUT2D eigenvalue weighted by Gasteiger charge is -2.39. The van der Waals surface area contributed by atoms with E-state index in [9.17, 15) is 19.5 Å². The van der Waals surface area contributed by atoms with Gasteiger partial charge in [0.15, 0.2) is 0 Å². The summed E-state index contributed by atoms with van der Waals surface area (Å²) in [6.07, 6.45) is 34.5. The van der Waals surface area contributed by atoms with E-state index in [1.165, 1.54) is 103 Å². The van der Waals surface area contributed by atoms with Crippen LogP contribution in [0.2, 0.25) is 0 Å². The molecule has 264 valence electrons. The molecule has 0 fully saturated rings. The number of hydrogen-bond donors (Lipinski definition) is 2. The van der Waals surface area contributed by atoms with Gasteiger partial charge in [-0.05, 0) is 64.2 Å². The molecule has 0 aromatic carbocycles. The highest BCUT2D eigenvalue weighted by molar-refractivity contribution is 5.66. The topological polar surface area (TPSA) is 115 Å². The fourth-order valence-electron chi connectivity index (χ4n) is 6.42. The first-order valence-electron chi connectivity index (χ1n) is 18.9. The van der Waals surface area contributed by atoms with Gasteiger partial charge in [-0.3, -0.25) is 9.59 Å². The molecule has 2 N–H and O–H groups in total. The molecule has 0 aliphatic carbocycles. The summed E-state index contributed by atoms with van der Waals surface area (Å²) in [7, 11) is 0. The van der Waals surface area contributed by atoms with Crippen molar-refractivity contribution in [3.8, 4) is 0 Å². The number of nitrogens with zero attached hydrogens (tertiary/aromatic N) is 1. The highest BCUT2D eigenvalue weighted by Gasteiger charge is 2.26. The van der Waals surface area contributed by atoms with Crippen LogP contribution in [0.1, 0.15) is 187 Å². The first-order chi connectivity index (χ1) is 21.8. The number of carboxylic acid groups (broad SMARTS) is 3. The minimum atomic E-state index is -1.02. The highest BCUT2D eigenvalue weighted by atomic mass is 16.4. The zero-order valence-electron chi connectivity index (χ0n) is 29.3. The van der Waals surface area contributed by atoms with Crippen LogP contribution in [0.3, 0.4) is 0 Å². The first kappa shape index (κ1) is 43.1. The number of unbranched alkanes of at least 4 members (excludes halogenated alkanes) is 20. The van der Waals surface area contributed by atoms with E-state index in [1.807, 2.05) is 0 Å². The van der Waals surface area contributed by atoms with Crippen LogP contribution in [0.4, 0.5) is 0 Å². The van der Waals surface area contributed by atoms with Crippen LogP contribution < -0.4 is 5.11 Å². The Morgan fingerprint density at radius 1 is 0.467 bits per heavy atom. The van der Waals surface area contributed by atoms with Gasteiger partial charge in [0, 0.05) is 25.2 Å². The van der Waals surface area contributed by atoms with Crippen molar-refractivity contribution in [2.75, 3.05) is 26.2 Å². The molecule has 0 atom stereocenters. The second-order valence-electron chi connectivity index (χ2n) is 13.5. The van der Waals surface area contributed by atoms with Crippen LogP contribution in [0.15, 0.2) is 12.2 Å². The van der Waals surface area contributed by atoms with Crippen molar-refractivity contribution in [3.63, 3.8) is 0 Å². The number of allylic oxidation sites excluding steroid dienone is 2. The molecule has 0 aliphatic rings. The van der Waals surface area contributed by atoms with E-state index in [0.29, 0.717) is 19.3 Å². The molecule has 0 aliphatic heterocycles. The summed E-state index contributed by atoms with van der Waals surface area (Å²) in [4.78, 5) is 32.9. The number of carboxylic acids is 3. The van der Waals surface area contributed by atoms with Crippen LogP contribution in [0.25, 0.3) is 0 Å². The molecule has 0 saturated heterocycles. The van der Waals surface area contributed by atoms with Gasteiger partial charge in [0.25, 0.3) is 0 Å². The van der Waals surface area contributed by atoms with E-state index in [4.69, 9.17) is 10.2 Å². The Labute approximate surface area is 276 Å². The van der Waals surface area contributed by atoms with E-state index in [2.05, 4.69) is 19.1 Å². The molecule has 0 rings (SSSR count). The minimum absolute atomic E-state index is 0.0557. The molecule has 0 bridgehead atoms. The molecule has 0 spiro atoms. The van der Waals surface area contributed by atoms with Gasteiger partial charge in [0.05, 0.1) is 26.2 Å². The first-order valence-corrected chi connectivity index (χ1v) is 18.9. The molecule has 7 heteroatoms. The van der Waals surface area contributed by atoms with Crippen LogP contribution in [0.5, 0.6) is 0 Å². The number of hydrogen-bond acceptors (Lipinski definition) is 4. The monoisotopic (exact) mass is 638 g/mol. The van der Waals surface area contributed by atoms with Crippen LogP contribution in [0, 0.1) is 0 Å². The van der Waals surface area contributed by atoms with Crippen LogP contribution >= 0.6 is 0 Å². The third-order valence-electron chi connectivity index (χ3n) is 9.20. The lowest BCUT2D eigenvalue weighted by atomic mass is 10.0. The number of rotatable bonds is 36. The van der Waals surface area contributed by atoms with Crippen molar-refractivity contribution in [1.29, 1.82) is 0 Å². The maximum atomic E-state index is 11.0. The van der Waals surface area contributed by atoms with Gasteiger partial charge in [0.1, 0.15) is 0 Å². The van der Waals surface area contributed by atoms with E-state index in [1.54, 1.807) is 0 Å². The van der Waals surface area contributed by atoms with Crippen molar-refractivity contribution >= 4 is 17.9 Å². The summed E-state index contributed by atoms with van der Waals surface area (Å²) in [6.45, 7) is 5.79. The second-order valence-corrected chi connectivity index (χ2v) is 13.5. The standard InChI is InChI=1S/C38H71NO6/c1-2-3-4-5-6-7-8-9-10-11-12-13-14-15-16-17-18-19-20-21-25-32-39(33-26-22-29-36(40)41,34-27-23-30-37(42)43)35-28-24-31-38(44)45/h19-20H,2-18,21-35H2,1H3,(H2-,40,41,42,43,44,45)/b20-19+. The van der Waals surface area contributed by atoms with Gasteiger partial charge in [-0.1, -0.05) is 115 Å². The molecular weight excluding hydrogens is 566 g/mol. The number of carbonyl (C=O) groups excluding carboxylic acids is 1. The molecule has 0 unspecified atom stereocenters. The summed E-state index contributed by atoms with van der Waals surface area (Å²) in [5.74, 6) is -2.58. The van der Waals surface area contributed by atoms with E-state index >= 15 is 0 Å². The quantitative estimate of drug-likeness (QED) is 0.0402. The van der Waals surface area contributed by atoms with Gasteiger partial charge in [-0.2, -0.15) is 0 Å². The normalized spacial score (nSPS) is 11.8. The molecule has 7 nitrogen and oxygen atoms in total. The van der Waals surface area contributed by atoms with Gasteiger partial charge in [-0.15, -0.1) is 0 Å². The Bertz CT molecular complexity index is 683. The molecule has 0 heterocycles. The molecule has 0 saturated carbocycles. The van der Waals surface area contributed by atoms with Crippen molar-refractivity contribution in [2.45, 2.75) is 187 Å². The van der Waals surface area contributed by atoms with Gasteiger partial charge in [0.2, 0.25) is 0 Å². The number of aliphatic carboxylic acids is 3. The van der Waals surface area contributed by atoms with Crippen molar-refractivity contribution in [1.82, 2.24) is 0 Å². The van der Waals surface area contributed by atoms with E-state index in [0.717, 1.165) is 69.2 Å². The fourth-order valence-corrected chi connectivity index (χ4v) is 6.42. The summed E-state index contributed by atoms with van der Waals surface area (Å²) in [5.41, 5.74) is 0. The van der Waals surface area contributed by atoms with Crippen molar-refractivity contribution < 1.29 is 34.2 Å². The summed E-state index contributed by atoms with van der Waals surface area (Å²) < 4.78 is 0.819. The minimum Gasteiger partial charge on any atom is -0.550 e. The largest absolute Gasteiger partial charge is 0.550 e. The average molecular weight is 638 g/mol. The van der Waals surface area contributed by atoms with E-state index in [-0.39, 0.29) is 19.3 Å². The molecule has 45 heavy (non-hydrogen) atoms. The maximum Gasteiger partial charge on any atom is 0.303 e. The number of quaternary nitrogens is 1. The molecule has 0 aromatic rings. The predicted molar refractivity (Wildman–Crippen MR) is 184 cm³/mol.